The summed E-state index contributed by atoms with van der Waals surface area (Å²) in [6.45, 7) is 1.06. The van der Waals surface area contributed by atoms with E-state index in [1.54, 1.807) is 30.3 Å². The van der Waals surface area contributed by atoms with Crippen LogP contribution in [-0.2, 0) is 6.18 Å². The van der Waals surface area contributed by atoms with Crippen molar-refractivity contribution in [3.8, 4) is 0 Å². The Bertz CT molecular complexity index is 880. The van der Waals surface area contributed by atoms with Crippen molar-refractivity contribution in [2.75, 3.05) is 25.0 Å². The number of thioether (sulfide) groups is 1. The first kappa shape index (κ1) is 19.0. The van der Waals surface area contributed by atoms with E-state index in [1.165, 1.54) is 6.07 Å². The number of halogens is 3. The molecule has 2 saturated heterocycles. The summed E-state index contributed by atoms with van der Waals surface area (Å²) in [6, 6.07) is 4.31. The van der Waals surface area contributed by atoms with E-state index in [4.69, 9.17) is 0 Å². The van der Waals surface area contributed by atoms with Gasteiger partial charge in [0.1, 0.15) is 11.9 Å². The number of carbonyl (C=O) groups excluding carboxylic acids is 1. The molecule has 5 nitrogen and oxygen atoms in total. The Morgan fingerprint density at radius 1 is 1.32 bits per heavy atom. The molecule has 0 bridgehead atoms. The number of carbonyl (C=O) groups is 1. The molecule has 148 valence electrons. The van der Waals surface area contributed by atoms with Gasteiger partial charge in [-0.1, -0.05) is 12.1 Å². The maximum Gasteiger partial charge on any atom is 0.418 e. The molecule has 2 fully saturated rings. The third-order valence-electron chi connectivity index (χ3n) is 5.11. The number of piperidine rings is 1. The van der Waals surface area contributed by atoms with E-state index in [0.29, 0.717) is 24.5 Å². The van der Waals surface area contributed by atoms with Crippen molar-refractivity contribution in [2.45, 2.75) is 25.1 Å². The van der Waals surface area contributed by atoms with Crippen molar-refractivity contribution in [2.24, 2.45) is 15.9 Å². The molecular weight excluding hydrogens is 389 g/mol. The van der Waals surface area contributed by atoms with Crippen LogP contribution in [0, 0.1) is 5.92 Å². The monoisotopic (exact) mass is 408 g/mol. The van der Waals surface area contributed by atoms with Crippen molar-refractivity contribution in [1.29, 1.82) is 0 Å². The summed E-state index contributed by atoms with van der Waals surface area (Å²) in [4.78, 5) is 22.1. The SMILES string of the molecule is CN=C1NC(=O)SC1=CC1CCN(c2ccc(C3C=N3)cc2C(F)(F)F)CC1. The van der Waals surface area contributed by atoms with Crippen LogP contribution in [0.5, 0.6) is 0 Å². The molecule has 0 saturated carbocycles. The lowest BCUT2D eigenvalue weighted by Gasteiger charge is -2.34. The van der Waals surface area contributed by atoms with Crippen LogP contribution >= 0.6 is 11.8 Å². The van der Waals surface area contributed by atoms with Gasteiger partial charge in [-0.25, -0.2) is 0 Å². The molecule has 1 aromatic carbocycles. The standard InChI is InChI=1S/C19H19F3N4OS/c1-23-17-16(28-18(27)25-17)8-11-4-6-26(7-5-11)15-3-2-12(14-10-24-14)9-13(15)19(20,21)22/h2-3,8-11,14H,4-7H2,1H3,(H,23,25,27). The number of alkyl halides is 3. The Morgan fingerprint density at radius 3 is 2.64 bits per heavy atom. The number of nitrogens with one attached hydrogen (secondary N) is 1. The molecule has 28 heavy (non-hydrogen) atoms. The first-order valence-corrected chi connectivity index (χ1v) is 9.84. The van der Waals surface area contributed by atoms with Crippen LogP contribution in [0.2, 0.25) is 0 Å². The van der Waals surface area contributed by atoms with Crippen molar-refractivity contribution < 1.29 is 18.0 Å². The topological polar surface area (TPSA) is 57.1 Å². The van der Waals surface area contributed by atoms with Gasteiger partial charge in [0.05, 0.1) is 10.5 Å². The molecule has 4 rings (SSSR count). The second kappa shape index (κ2) is 7.27. The first-order valence-electron chi connectivity index (χ1n) is 9.02. The molecule has 0 aliphatic carbocycles. The van der Waals surface area contributed by atoms with Gasteiger partial charge in [0.25, 0.3) is 5.24 Å². The molecule has 0 spiro atoms. The highest BCUT2D eigenvalue weighted by molar-refractivity contribution is 8.18. The number of hydrogen-bond donors (Lipinski definition) is 1. The molecule has 1 aromatic rings. The van der Waals surface area contributed by atoms with E-state index in [9.17, 15) is 18.0 Å². The lowest BCUT2D eigenvalue weighted by molar-refractivity contribution is -0.137. The zero-order valence-electron chi connectivity index (χ0n) is 15.2. The predicted molar refractivity (Wildman–Crippen MR) is 105 cm³/mol. The molecular formula is C19H19F3N4OS. The number of amidine groups is 1. The summed E-state index contributed by atoms with van der Waals surface area (Å²) in [6.07, 6.45) is 0.696. The second-order valence-electron chi connectivity index (χ2n) is 6.96. The van der Waals surface area contributed by atoms with Crippen molar-refractivity contribution in [3.63, 3.8) is 0 Å². The second-order valence-corrected chi connectivity index (χ2v) is 7.97. The minimum absolute atomic E-state index is 0.154. The Labute approximate surface area is 164 Å². The summed E-state index contributed by atoms with van der Waals surface area (Å²) in [7, 11) is 1.62. The van der Waals surface area contributed by atoms with Gasteiger partial charge >= 0.3 is 6.18 Å². The molecule has 0 aromatic heterocycles. The van der Waals surface area contributed by atoms with Gasteiger partial charge in [-0.2, -0.15) is 13.2 Å². The Morgan fingerprint density at radius 2 is 2.04 bits per heavy atom. The Balaban J connectivity index is 1.49. The van der Waals surface area contributed by atoms with E-state index in [0.717, 1.165) is 29.5 Å². The molecule has 3 aliphatic heterocycles. The number of allylic oxidation sites excluding steroid dienone is 1. The van der Waals surface area contributed by atoms with Crippen LogP contribution in [-0.4, -0.2) is 37.4 Å². The summed E-state index contributed by atoms with van der Waals surface area (Å²) in [5.41, 5.74) is 0.210. The quantitative estimate of drug-likeness (QED) is 0.806. The number of anilines is 1. The molecule has 1 amide bonds. The van der Waals surface area contributed by atoms with E-state index in [1.807, 2.05) is 6.08 Å². The fourth-order valence-corrected chi connectivity index (χ4v) is 4.43. The molecule has 1 atom stereocenters. The zero-order chi connectivity index (χ0) is 19.9. The third kappa shape index (κ3) is 3.94. The molecule has 1 unspecified atom stereocenters. The first-order chi connectivity index (χ1) is 13.3. The molecule has 9 heteroatoms. The van der Waals surface area contributed by atoms with E-state index in [2.05, 4.69) is 15.3 Å². The molecule has 3 aliphatic rings. The minimum atomic E-state index is -4.40. The highest BCUT2D eigenvalue weighted by atomic mass is 32.2. The maximum atomic E-state index is 13.6. The van der Waals surface area contributed by atoms with Gasteiger partial charge in [0, 0.05) is 32.0 Å². The van der Waals surface area contributed by atoms with E-state index >= 15 is 0 Å². The lowest BCUT2D eigenvalue weighted by atomic mass is 9.94. The van der Waals surface area contributed by atoms with Gasteiger partial charge in [0.15, 0.2) is 0 Å². The van der Waals surface area contributed by atoms with Crippen molar-refractivity contribution in [1.82, 2.24) is 5.32 Å². The van der Waals surface area contributed by atoms with Gasteiger partial charge in [-0.05, 0) is 48.2 Å². The minimum Gasteiger partial charge on any atom is -0.371 e. The highest BCUT2D eigenvalue weighted by Gasteiger charge is 2.37. The zero-order valence-corrected chi connectivity index (χ0v) is 16.0. The number of hydrogen-bond acceptors (Lipinski definition) is 5. The average molecular weight is 408 g/mol. The summed E-state index contributed by atoms with van der Waals surface area (Å²) in [5.74, 6) is 0.770. The van der Waals surface area contributed by atoms with Gasteiger partial charge < -0.3 is 10.2 Å². The van der Waals surface area contributed by atoms with Gasteiger partial charge in [0.2, 0.25) is 0 Å². The largest absolute Gasteiger partial charge is 0.418 e. The number of benzene rings is 1. The van der Waals surface area contributed by atoms with Gasteiger partial charge in [-0.3, -0.25) is 14.8 Å². The number of rotatable bonds is 3. The molecule has 0 radical (unpaired) electrons. The summed E-state index contributed by atoms with van der Waals surface area (Å²) in [5, 5.41) is 2.53. The normalized spacial score (nSPS) is 25.6. The summed E-state index contributed by atoms with van der Waals surface area (Å²) >= 11 is 1.11. The average Bonchev–Trinajstić information content (AvgIpc) is 3.45. The Hall–Kier alpha value is -2.29. The van der Waals surface area contributed by atoms with Crippen LogP contribution in [0.15, 0.2) is 39.2 Å². The Kier molecular flexibility index (Phi) is 4.95. The van der Waals surface area contributed by atoms with E-state index < -0.39 is 11.7 Å². The number of amides is 1. The highest BCUT2D eigenvalue weighted by Crippen LogP contribution is 2.41. The third-order valence-corrected chi connectivity index (χ3v) is 5.95. The number of aliphatic imine (C=N–C) groups is 2. The van der Waals surface area contributed by atoms with E-state index in [-0.39, 0.29) is 22.9 Å². The predicted octanol–water partition coefficient (Wildman–Crippen LogP) is 4.42. The van der Waals surface area contributed by atoms with Crippen LogP contribution in [0.4, 0.5) is 23.7 Å². The van der Waals surface area contributed by atoms with Crippen LogP contribution in [0.1, 0.15) is 30.0 Å². The van der Waals surface area contributed by atoms with Crippen molar-refractivity contribution >= 4 is 34.7 Å². The van der Waals surface area contributed by atoms with Gasteiger partial charge in [-0.15, -0.1) is 0 Å². The smallest absolute Gasteiger partial charge is 0.371 e. The molecule has 1 N–H and O–H groups in total. The maximum absolute atomic E-state index is 13.6. The van der Waals surface area contributed by atoms with Crippen molar-refractivity contribution in [3.05, 3.63) is 40.3 Å². The summed E-state index contributed by atoms with van der Waals surface area (Å²) < 4.78 is 40.8. The number of nitrogens with zero attached hydrogens (tertiary/aromatic N) is 3. The lowest BCUT2D eigenvalue weighted by Crippen LogP contribution is -2.34. The van der Waals surface area contributed by atoms with Crippen LogP contribution in [0.3, 0.4) is 0 Å². The molecule has 3 heterocycles. The fraction of sp³-hybridized carbons (Fsp3) is 0.421. The fourth-order valence-electron chi connectivity index (χ4n) is 3.59. The van der Waals surface area contributed by atoms with Crippen LogP contribution < -0.4 is 10.2 Å². The van der Waals surface area contributed by atoms with Crippen LogP contribution in [0.25, 0.3) is 0 Å².